The predicted octanol–water partition coefficient (Wildman–Crippen LogP) is 4.07. The fourth-order valence-electron chi connectivity index (χ4n) is 3.33. The minimum absolute atomic E-state index is 0.0155. The van der Waals surface area contributed by atoms with E-state index in [0.29, 0.717) is 26.8 Å². The van der Waals surface area contributed by atoms with Crippen LogP contribution in [0.5, 0.6) is 34.5 Å². The number of hydrogen-bond donors (Lipinski definition) is 4. The number of fused-ring (bicyclic) bond motifs is 1. The van der Waals surface area contributed by atoms with Gasteiger partial charge in [-0.1, -0.05) is 0 Å². The number of rotatable bonds is 6. The molecule has 4 N–H and O–H groups in total. The Morgan fingerprint density at radius 3 is 1.93 bits per heavy atom. The lowest BCUT2D eigenvalue weighted by Gasteiger charge is -2.19. The highest BCUT2D eigenvalue weighted by Crippen LogP contribution is 2.52. The highest BCUT2D eigenvalue weighted by atomic mass is 32.2. The molecule has 0 saturated heterocycles. The number of phenolic OH excluding ortho intramolecular Hbond substituents is 3. The van der Waals surface area contributed by atoms with Crippen LogP contribution in [0.3, 0.4) is 0 Å². The number of aromatic carboxylic acids is 1. The molecule has 0 aliphatic heterocycles. The average molecular weight is 432 g/mol. The van der Waals surface area contributed by atoms with Crippen molar-refractivity contribution in [3.8, 4) is 45.6 Å². The summed E-state index contributed by atoms with van der Waals surface area (Å²) in [5.41, 5.74) is 0.792. The van der Waals surface area contributed by atoms with Crippen LogP contribution in [-0.4, -0.2) is 54.0 Å². The monoisotopic (exact) mass is 432 g/mol. The van der Waals surface area contributed by atoms with E-state index >= 15 is 0 Å². The lowest BCUT2D eigenvalue weighted by molar-refractivity contribution is 0.0697. The van der Waals surface area contributed by atoms with E-state index in [-0.39, 0.29) is 28.6 Å². The Hall–Kier alpha value is -3.46. The van der Waals surface area contributed by atoms with Gasteiger partial charge in [0.25, 0.3) is 0 Å². The first-order valence-corrected chi connectivity index (χ1v) is 9.83. The zero-order valence-corrected chi connectivity index (χ0v) is 17.5. The van der Waals surface area contributed by atoms with Crippen LogP contribution in [0.2, 0.25) is 0 Å². The third-order valence-electron chi connectivity index (χ3n) is 4.71. The van der Waals surface area contributed by atoms with Gasteiger partial charge < -0.3 is 34.6 Å². The molecular weight excluding hydrogens is 412 g/mol. The summed E-state index contributed by atoms with van der Waals surface area (Å²) in [6.45, 7) is 0. The van der Waals surface area contributed by atoms with Crippen molar-refractivity contribution >= 4 is 28.5 Å². The van der Waals surface area contributed by atoms with E-state index in [0.717, 1.165) is 11.8 Å². The smallest absolute Gasteiger partial charge is 0.335 e. The van der Waals surface area contributed by atoms with Gasteiger partial charge >= 0.3 is 5.97 Å². The van der Waals surface area contributed by atoms with Gasteiger partial charge in [-0.25, -0.2) is 4.79 Å². The van der Waals surface area contributed by atoms with Crippen LogP contribution in [0.1, 0.15) is 10.4 Å². The van der Waals surface area contributed by atoms with Gasteiger partial charge in [0.05, 0.1) is 31.8 Å². The van der Waals surface area contributed by atoms with Crippen LogP contribution < -0.4 is 14.2 Å². The molecule has 158 valence electrons. The number of benzene rings is 3. The topological polar surface area (TPSA) is 126 Å². The molecule has 3 aromatic rings. The number of methoxy groups -OCH3 is 3. The zero-order valence-electron chi connectivity index (χ0n) is 16.6. The van der Waals surface area contributed by atoms with Crippen molar-refractivity contribution in [3.05, 3.63) is 29.8 Å². The van der Waals surface area contributed by atoms with Crippen molar-refractivity contribution in [2.24, 2.45) is 0 Å². The van der Waals surface area contributed by atoms with Crippen molar-refractivity contribution in [2.45, 2.75) is 4.90 Å². The summed E-state index contributed by atoms with van der Waals surface area (Å²) in [7, 11) is 4.08. The lowest BCUT2D eigenvalue weighted by atomic mass is 9.93. The maximum Gasteiger partial charge on any atom is 0.335 e. The van der Waals surface area contributed by atoms with Crippen LogP contribution in [0, 0.1) is 0 Å². The zero-order chi connectivity index (χ0) is 22.2. The van der Waals surface area contributed by atoms with Crippen molar-refractivity contribution in [2.75, 3.05) is 27.6 Å². The van der Waals surface area contributed by atoms with E-state index in [4.69, 9.17) is 14.2 Å². The van der Waals surface area contributed by atoms with Gasteiger partial charge in [-0.2, -0.15) is 0 Å². The molecule has 3 aromatic carbocycles. The molecule has 0 fully saturated rings. The number of aromatic hydroxyl groups is 3. The Morgan fingerprint density at radius 1 is 0.867 bits per heavy atom. The van der Waals surface area contributed by atoms with Gasteiger partial charge in [0.2, 0.25) is 11.5 Å². The van der Waals surface area contributed by atoms with E-state index in [9.17, 15) is 25.2 Å². The molecule has 0 bridgehead atoms. The fraction of sp³-hybridized carbons (Fsp3) is 0.190. The Kier molecular flexibility index (Phi) is 5.75. The first-order valence-electron chi connectivity index (χ1n) is 8.61. The van der Waals surface area contributed by atoms with Crippen molar-refractivity contribution < 1.29 is 39.4 Å². The Labute approximate surface area is 176 Å². The standard InChI is InChI=1S/C21H20O8S/c1-27-13-7-9(8-14(28-2)16(13)22)11-5-10(21(25)26)6-12-15(11)19(29-3)17(23)18(24)20(12)30-4/h5-8,22-24H,1-4H3,(H,25,26). The average Bonchev–Trinajstić information content (AvgIpc) is 2.74. The molecule has 0 aliphatic carbocycles. The van der Waals surface area contributed by atoms with Gasteiger partial charge in [-0.15, -0.1) is 11.8 Å². The number of ether oxygens (including phenoxy) is 3. The van der Waals surface area contributed by atoms with E-state index in [2.05, 4.69) is 0 Å². The largest absolute Gasteiger partial charge is 0.503 e. The van der Waals surface area contributed by atoms with Gasteiger partial charge in [-0.3, -0.25) is 0 Å². The third kappa shape index (κ3) is 3.26. The summed E-state index contributed by atoms with van der Waals surface area (Å²) in [4.78, 5) is 12.1. The molecule has 9 heteroatoms. The van der Waals surface area contributed by atoms with Crippen molar-refractivity contribution in [1.82, 2.24) is 0 Å². The maximum absolute atomic E-state index is 11.8. The highest BCUT2D eigenvalue weighted by molar-refractivity contribution is 7.99. The first kappa shape index (κ1) is 21.3. The van der Waals surface area contributed by atoms with Crippen molar-refractivity contribution in [3.63, 3.8) is 0 Å². The van der Waals surface area contributed by atoms with Crippen LogP contribution in [0.15, 0.2) is 29.2 Å². The molecule has 0 aromatic heterocycles. The van der Waals surface area contributed by atoms with Gasteiger partial charge in [0.1, 0.15) is 0 Å². The van der Waals surface area contributed by atoms with E-state index in [1.807, 2.05) is 0 Å². The number of carboxylic acids is 1. The molecular formula is C21H20O8S. The molecule has 8 nitrogen and oxygen atoms in total. The molecule has 0 spiro atoms. The summed E-state index contributed by atoms with van der Waals surface area (Å²) in [6.07, 6.45) is 1.69. The summed E-state index contributed by atoms with van der Waals surface area (Å²) < 4.78 is 15.8. The van der Waals surface area contributed by atoms with Gasteiger partial charge in [-0.05, 0) is 41.6 Å². The molecule has 0 aliphatic rings. The molecule has 30 heavy (non-hydrogen) atoms. The minimum Gasteiger partial charge on any atom is -0.503 e. The minimum atomic E-state index is -1.17. The molecule has 0 atom stereocenters. The summed E-state index contributed by atoms with van der Waals surface area (Å²) in [5, 5.41) is 41.6. The normalized spacial score (nSPS) is 10.8. The summed E-state index contributed by atoms with van der Waals surface area (Å²) in [6, 6.07) is 5.85. The fourth-order valence-corrected chi connectivity index (χ4v) is 4.00. The molecule has 0 heterocycles. The number of carbonyl (C=O) groups is 1. The summed E-state index contributed by atoms with van der Waals surface area (Å²) in [5.74, 6) is -2.03. The Bertz CT molecular complexity index is 1130. The van der Waals surface area contributed by atoms with Crippen molar-refractivity contribution in [1.29, 1.82) is 0 Å². The second-order valence-electron chi connectivity index (χ2n) is 6.24. The number of thioether (sulfide) groups is 1. The number of phenols is 3. The van der Waals surface area contributed by atoms with Crippen LogP contribution in [0.25, 0.3) is 21.9 Å². The molecule has 0 amide bonds. The van der Waals surface area contributed by atoms with E-state index in [1.165, 1.54) is 45.6 Å². The first-order chi connectivity index (χ1) is 14.3. The van der Waals surface area contributed by atoms with Gasteiger partial charge in [0.15, 0.2) is 23.0 Å². The second-order valence-corrected chi connectivity index (χ2v) is 7.06. The van der Waals surface area contributed by atoms with Crippen LogP contribution in [-0.2, 0) is 0 Å². The third-order valence-corrected chi connectivity index (χ3v) is 5.53. The maximum atomic E-state index is 11.8. The van der Waals surface area contributed by atoms with Crippen LogP contribution in [0.4, 0.5) is 0 Å². The summed E-state index contributed by atoms with van der Waals surface area (Å²) >= 11 is 1.15. The predicted molar refractivity (Wildman–Crippen MR) is 113 cm³/mol. The molecule has 3 rings (SSSR count). The quantitative estimate of drug-likeness (QED) is 0.337. The second kappa shape index (κ2) is 8.11. The number of carboxylic acid groups (broad SMARTS) is 1. The molecule has 0 saturated carbocycles. The van der Waals surface area contributed by atoms with E-state index < -0.39 is 17.5 Å². The van der Waals surface area contributed by atoms with Gasteiger partial charge in [0, 0.05) is 10.8 Å². The van der Waals surface area contributed by atoms with Crippen LogP contribution >= 0.6 is 11.8 Å². The highest BCUT2D eigenvalue weighted by Gasteiger charge is 2.25. The molecule has 0 unspecified atom stereocenters. The molecule has 0 radical (unpaired) electrons. The Morgan fingerprint density at radius 2 is 1.47 bits per heavy atom. The SMILES string of the molecule is COc1cc(-c2cc(C(=O)O)cc3c(SC)c(O)c(O)c(OC)c23)cc(OC)c1O. The Balaban J connectivity index is 2.57. The number of hydrogen-bond acceptors (Lipinski definition) is 8. The van der Waals surface area contributed by atoms with E-state index in [1.54, 1.807) is 6.26 Å². The lowest BCUT2D eigenvalue weighted by Crippen LogP contribution is -2.00.